The maximum atomic E-state index is 11.9. The number of nitrogens with two attached hydrogens (primary N) is 1. The minimum absolute atomic E-state index is 0.251. The number of rotatable bonds is 8. The van der Waals surface area contributed by atoms with Crippen molar-refractivity contribution in [3.05, 3.63) is 0 Å². The van der Waals surface area contributed by atoms with E-state index in [9.17, 15) is 4.79 Å². The molecule has 0 aliphatic heterocycles. The van der Waals surface area contributed by atoms with E-state index in [1.807, 2.05) is 11.9 Å². The summed E-state index contributed by atoms with van der Waals surface area (Å²) in [4.78, 5) is 13.8. The fraction of sp³-hybridized carbons (Fsp3) is 0.917. The van der Waals surface area contributed by atoms with E-state index in [0.29, 0.717) is 24.9 Å². The van der Waals surface area contributed by atoms with Gasteiger partial charge < -0.3 is 10.6 Å². The molecule has 0 fully saturated rings. The van der Waals surface area contributed by atoms with Crippen molar-refractivity contribution in [1.82, 2.24) is 4.90 Å². The van der Waals surface area contributed by atoms with E-state index in [4.69, 9.17) is 5.73 Å². The van der Waals surface area contributed by atoms with E-state index in [1.54, 1.807) is 11.8 Å². The van der Waals surface area contributed by atoms with Crippen LogP contribution >= 0.6 is 11.8 Å². The first kappa shape index (κ1) is 15.8. The van der Waals surface area contributed by atoms with Gasteiger partial charge in [-0.3, -0.25) is 4.79 Å². The maximum absolute atomic E-state index is 11.9. The third-order valence-corrected chi connectivity index (χ3v) is 3.74. The minimum atomic E-state index is 0.251. The number of hydrogen-bond acceptors (Lipinski definition) is 3. The summed E-state index contributed by atoms with van der Waals surface area (Å²) in [6, 6.07) is 0.371. The van der Waals surface area contributed by atoms with E-state index in [-0.39, 0.29) is 5.91 Å². The Bertz CT molecular complexity index is 199. The molecule has 0 aliphatic carbocycles. The summed E-state index contributed by atoms with van der Waals surface area (Å²) < 4.78 is 0. The number of thioether (sulfide) groups is 1. The van der Waals surface area contributed by atoms with Gasteiger partial charge in [0.1, 0.15) is 0 Å². The van der Waals surface area contributed by atoms with Crippen LogP contribution in [0.5, 0.6) is 0 Å². The lowest BCUT2D eigenvalue weighted by molar-refractivity contribution is -0.131. The lowest BCUT2D eigenvalue weighted by atomic mass is 10.1. The third kappa shape index (κ3) is 5.75. The van der Waals surface area contributed by atoms with Crippen LogP contribution in [0, 0.1) is 5.92 Å². The van der Waals surface area contributed by atoms with Crippen molar-refractivity contribution in [3.8, 4) is 0 Å². The van der Waals surface area contributed by atoms with Gasteiger partial charge in [-0.1, -0.05) is 13.8 Å². The van der Waals surface area contributed by atoms with Gasteiger partial charge in [0.25, 0.3) is 0 Å². The van der Waals surface area contributed by atoms with Crippen LogP contribution in [0.25, 0.3) is 0 Å². The highest BCUT2D eigenvalue weighted by atomic mass is 32.2. The highest BCUT2D eigenvalue weighted by Gasteiger charge is 2.17. The molecule has 2 atom stereocenters. The van der Waals surface area contributed by atoms with Crippen LogP contribution < -0.4 is 5.73 Å². The van der Waals surface area contributed by atoms with Crippen molar-refractivity contribution in [2.75, 3.05) is 25.6 Å². The molecule has 96 valence electrons. The first-order chi connectivity index (χ1) is 7.56. The normalized spacial score (nSPS) is 14.6. The van der Waals surface area contributed by atoms with Gasteiger partial charge in [0, 0.05) is 25.3 Å². The Labute approximate surface area is 104 Å². The SMILES string of the molecule is CCC(CSC)N(C)C(=O)CCC(C)CN. The summed E-state index contributed by atoms with van der Waals surface area (Å²) in [7, 11) is 1.92. The highest BCUT2D eigenvalue weighted by molar-refractivity contribution is 7.98. The van der Waals surface area contributed by atoms with Gasteiger partial charge in [-0.05, 0) is 31.6 Å². The highest BCUT2D eigenvalue weighted by Crippen LogP contribution is 2.12. The minimum Gasteiger partial charge on any atom is -0.342 e. The van der Waals surface area contributed by atoms with Gasteiger partial charge in [0.05, 0.1) is 0 Å². The number of amides is 1. The van der Waals surface area contributed by atoms with Crippen LogP contribution in [0.15, 0.2) is 0 Å². The average molecular weight is 246 g/mol. The Morgan fingerprint density at radius 1 is 1.50 bits per heavy atom. The lowest BCUT2D eigenvalue weighted by Crippen LogP contribution is -2.38. The third-order valence-electron chi connectivity index (χ3n) is 3.02. The fourth-order valence-electron chi connectivity index (χ4n) is 1.56. The molecule has 2 unspecified atom stereocenters. The zero-order chi connectivity index (χ0) is 12.6. The summed E-state index contributed by atoms with van der Waals surface area (Å²) in [5, 5.41) is 0. The molecule has 0 radical (unpaired) electrons. The second kappa shape index (κ2) is 8.88. The van der Waals surface area contributed by atoms with Crippen molar-refractivity contribution < 1.29 is 4.79 Å². The van der Waals surface area contributed by atoms with Crippen molar-refractivity contribution >= 4 is 17.7 Å². The summed E-state index contributed by atoms with van der Waals surface area (Å²) in [5.41, 5.74) is 5.54. The molecule has 0 rings (SSSR count). The van der Waals surface area contributed by atoms with Crippen molar-refractivity contribution in [2.24, 2.45) is 11.7 Å². The van der Waals surface area contributed by atoms with Gasteiger partial charge in [-0.15, -0.1) is 0 Å². The summed E-state index contributed by atoms with van der Waals surface area (Å²) in [6.07, 6.45) is 4.63. The van der Waals surface area contributed by atoms with Gasteiger partial charge in [0.15, 0.2) is 0 Å². The number of carbonyl (C=O) groups excluding carboxylic acids is 1. The molecular formula is C12H26N2OS. The van der Waals surface area contributed by atoms with Crippen LogP contribution in [-0.2, 0) is 4.79 Å². The molecule has 0 aromatic rings. The predicted octanol–water partition coefficient (Wildman–Crippen LogP) is 1.96. The van der Waals surface area contributed by atoms with E-state index >= 15 is 0 Å². The summed E-state index contributed by atoms with van der Waals surface area (Å²) in [6.45, 7) is 4.89. The van der Waals surface area contributed by atoms with Crippen molar-refractivity contribution in [2.45, 2.75) is 39.2 Å². The molecule has 0 spiro atoms. The van der Waals surface area contributed by atoms with E-state index < -0.39 is 0 Å². The van der Waals surface area contributed by atoms with E-state index in [0.717, 1.165) is 18.6 Å². The topological polar surface area (TPSA) is 46.3 Å². The molecule has 3 nitrogen and oxygen atoms in total. The Balaban J connectivity index is 4.04. The van der Waals surface area contributed by atoms with Gasteiger partial charge in [-0.25, -0.2) is 0 Å². The molecule has 1 amide bonds. The fourth-order valence-corrected chi connectivity index (χ4v) is 2.41. The number of nitrogens with zero attached hydrogens (tertiary/aromatic N) is 1. The molecule has 4 heteroatoms. The first-order valence-corrected chi connectivity index (χ1v) is 7.40. The smallest absolute Gasteiger partial charge is 0.222 e. The Hall–Kier alpha value is -0.220. The molecular weight excluding hydrogens is 220 g/mol. The molecule has 0 heterocycles. The maximum Gasteiger partial charge on any atom is 0.222 e. The van der Waals surface area contributed by atoms with Crippen molar-refractivity contribution in [3.63, 3.8) is 0 Å². The Morgan fingerprint density at radius 2 is 2.12 bits per heavy atom. The quantitative estimate of drug-likeness (QED) is 0.712. The molecule has 0 saturated carbocycles. The summed E-state index contributed by atoms with van der Waals surface area (Å²) in [5.74, 6) is 1.71. The zero-order valence-electron chi connectivity index (χ0n) is 11.0. The van der Waals surface area contributed by atoms with Gasteiger partial charge in [0.2, 0.25) is 5.91 Å². The zero-order valence-corrected chi connectivity index (χ0v) is 11.8. The molecule has 0 aromatic heterocycles. The van der Waals surface area contributed by atoms with Gasteiger partial charge >= 0.3 is 0 Å². The lowest BCUT2D eigenvalue weighted by Gasteiger charge is -2.27. The Morgan fingerprint density at radius 3 is 2.56 bits per heavy atom. The summed E-state index contributed by atoms with van der Waals surface area (Å²) >= 11 is 1.80. The predicted molar refractivity (Wildman–Crippen MR) is 72.7 cm³/mol. The van der Waals surface area contributed by atoms with Crippen LogP contribution in [0.2, 0.25) is 0 Å². The van der Waals surface area contributed by atoms with E-state index in [1.165, 1.54) is 0 Å². The molecule has 0 aromatic carbocycles. The largest absolute Gasteiger partial charge is 0.342 e. The standard InChI is InChI=1S/C12H26N2OS/c1-5-11(9-16-4)14(3)12(15)7-6-10(2)8-13/h10-11H,5-9,13H2,1-4H3. The van der Waals surface area contributed by atoms with Crippen molar-refractivity contribution in [1.29, 1.82) is 0 Å². The molecule has 16 heavy (non-hydrogen) atoms. The van der Waals surface area contributed by atoms with Crippen LogP contribution in [0.3, 0.4) is 0 Å². The number of carbonyl (C=O) groups is 1. The molecule has 2 N–H and O–H groups in total. The second-order valence-corrected chi connectivity index (χ2v) is 5.31. The average Bonchev–Trinajstić information content (AvgIpc) is 2.31. The van der Waals surface area contributed by atoms with Crippen LogP contribution in [0.1, 0.15) is 33.1 Å². The Kier molecular flexibility index (Phi) is 8.76. The van der Waals surface area contributed by atoms with Gasteiger partial charge in [-0.2, -0.15) is 11.8 Å². The second-order valence-electron chi connectivity index (χ2n) is 4.40. The molecule has 0 aliphatic rings. The monoisotopic (exact) mass is 246 g/mol. The van der Waals surface area contributed by atoms with Crippen LogP contribution in [0.4, 0.5) is 0 Å². The number of hydrogen-bond donors (Lipinski definition) is 1. The van der Waals surface area contributed by atoms with Crippen LogP contribution in [-0.4, -0.2) is 42.4 Å². The first-order valence-electron chi connectivity index (χ1n) is 6.01. The molecule has 0 saturated heterocycles. The molecule has 0 bridgehead atoms. The van der Waals surface area contributed by atoms with E-state index in [2.05, 4.69) is 20.1 Å².